The van der Waals surface area contributed by atoms with Crippen LogP contribution < -0.4 is 4.74 Å². The SMILES string of the molecule is Cc1cc(Oc2ccc(Cl)cc2Cl)ccc1C=O. The molecular formula is C14H10Cl2O2. The van der Waals surface area contributed by atoms with Crippen LogP contribution in [0.4, 0.5) is 0 Å². The van der Waals surface area contributed by atoms with E-state index in [9.17, 15) is 4.79 Å². The Bertz CT molecular complexity index is 594. The molecule has 0 heterocycles. The van der Waals surface area contributed by atoms with Crippen molar-refractivity contribution < 1.29 is 9.53 Å². The van der Waals surface area contributed by atoms with Crippen LogP contribution in [0.2, 0.25) is 10.0 Å². The largest absolute Gasteiger partial charge is 0.456 e. The van der Waals surface area contributed by atoms with Crippen LogP contribution in [0.25, 0.3) is 0 Å². The van der Waals surface area contributed by atoms with E-state index in [1.165, 1.54) is 0 Å². The summed E-state index contributed by atoms with van der Waals surface area (Å²) >= 11 is 11.8. The maximum atomic E-state index is 10.7. The third-order valence-corrected chi connectivity index (χ3v) is 3.02. The molecule has 4 heteroatoms. The Hall–Kier alpha value is -1.51. The van der Waals surface area contributed by atoms with Gasteiger partial charge in [0.2, 0.25) is 0 Å². The molecule has 2 nitrogen and oxygen atoms in total. The summed E-state index contributed by atoms with van der Waals surface area (Å²) in [4.78, 5) is 10.7. The molecule has 18 heavy (non-hydrogen) atoms. The van der Waals surface area contributed by atoms with Crippen LogP contribution >= 0.6 is 23.2 Å². The predicted molar refractivity (Wildman–Crippen MR) is 73.1 cm³/mol. The molecule has 0 aliphatic carbocycles. The summed E-state index contributed by atoms with van der Waals surface area (Å²) in [5.41, 5.74) is 1.50. The smallest absolute Gasteiger partial charge is 0.150 e. The van der Waals surface area contributed by atoms with Gasteiger partial charge in [-0.15, -0.1) is 0 Å². The number of hydrogen-bond donors (Lipinski definition) is 0. The summed E-state index contributed by atoms with van der Waals surface area (Å²) in [5, 5.41) is 0.999. The first kappa shape index (κ1) is 12.9. The van der Waals surface area contributed by atoms with Crippen LogP contribution in [0.1, 0.15) is 15.9 Å². The highest BCUT2D eigenvalue weighted by atomic mass is 35.5. The molecule has 92 valence electrons. The van der Waals surface area contributed by atoms with Crippen LogP contribution in [-0.4, -0.2) is 6.29 Å². The van der Waals surface area contributed by atoms with Gasteiger partial charge in [-0.1, -0.05) is 23.2 Å². The fourth-order valence-electron chi connectivity index (χ4n) is 1.53. The summed E-state index contributed by atoms with van der Waals surface area (Å²) in [6, 6.07) is 10.2. The first-order chi connectivity index (χ1) is 8.60. The van der Waals surface area contributed by atoms with Gasteiger partial charge >= 0.3 is 0 Å². The molecule has 0 spiro atoms. The number of halogens is 2. The van der Waals surface area contributed by atoms with E-state index in [2.05, 4.69) is 0 Å². The molecule has 0 radical (unpaired) electrons. The number of hydrogen-bond acceptors (Lipinski definition) is 2. The highest BCUT2D eigenvalue weighted by Gasteiger charge is 2.05. The average molecular weight is 281 g/mol. The first-order valence-corrected chi connectivity index (χ1v) is 6.04. The van der Waals surface area contributed by atoms with Crippen LogP contribution in [0.3, 0.4) is 0 Å². The van der Waals surface area contributed by atoms with Crippen molar-refractivity contribution in [3.05, 3.63) is 57.6 Å². The number of ether oxygens (including phenoxy) is 1. The molecule has 0 amide bonds. The molecule has 0 aliphatic rings. The topological polar surface area (TPSA) is 26.3 Å². The fourth-order valence-corrected chi connectivity index (χ4v) is 1.98. The molecule has 0 N–H and O–H groups in total. The second-order valence-electron chi connectivity index (χ2n) is 3.81. The Morgan fingerprint density at radius 1 is 1.11 bits per heavy atom. The van der Waals surface area contributed by atoms with E-state index >= 15 is 0 Å². The standard InChI is InChI=1S/C14H10Cl2O2/c1-9-6-12(4-2-10(9)8-17)18-14-5-3-11(15)7-13(14)16/h2-8H,1H3. The summed E-state index contributed by atoms with van der Waals surface area (Å²) < 4.78 is 5.64. The van der Waals surface area contributed by atoms with Gasteiger partial charge < -0.3 is 4.74 Å². The van der Waals surface area contributed by atoms with Gasteiger partial charge in [-0.2, -0.15) is 0 Å². The van der Waals surface area contributed by atoms with Gasteiger partial charge in [0.1, 0.15) is 17.8 Å². The minimum Gasteiger partial charge on any atom is -0.456 e. The monoisotopic (exact) mass is 280 g/mol. The summed E-state index contributed by atoms with van der Waals surface area (Å²) in [6.45, 7) is 1.85. The maximum Gasteiger partial charge on any atom is 0.150 e. The third-order valence-electron chi connectivity index (χ3n) is 2.49. The lowest BCUT2D eigenvalue weighted by molar-refractivity contribution is 0.112. The number of aryl methyl sites for hydroxylation is 1. The third kappa shape index (κ3) is 2.84. The summed E-state index contributed by atoms with van der Waals surface area (Å²) in [5.74, 6) is 1.15. The van der Waals surface area contributed by atoms with E-state index in [4.69, 9.17) is 27.9 Å². The highest BCUT2D eigenvalue weighted by molar-refractivity contribution is 6.35. The molecule has 0 fully saturated rings. The zero-order valence-corrected chi connectivity index (χ0v) is 11.1. The van der Waals surface area contributed by atoms with Crippen LogP contribution in [0.5, 0.6) is 11.5 Å². The molecule has 0 atom stereocenters. The molecule has 0 aliphatic heterocycles. The van der Waals surface area contributed by atoms with Gasteiger partial charge in [0.25, 0.3) is 0 Å². The molecule has 0 bridgehead atoms. The molecule has 2 aromatic rings. The van der Waals surface area contributed by atoms with E-state index in [0.717, 1.165) is 11.8 Å². The average Bonchev–Trinajstić information content (AvgIpc) is 2.33. The Labute approximate surface area is 115 Å². The normalized spacial score (nSPS) is 10.2. The second kappa shape index (κ2) is 5.42. The van der Waals surface area contributed by atoms with E-state index in [1.807, 2.05) is 6.92 Å². The molecular weight excluding hydrogens is 271 g/mol. The lowest BCUT2D eigenvalue weighted by atomic mass is 10.1. The van der Waals surface area contributed by atoms with Gasteiger partial charge in [0, 0.05) is 10.6 Å². The first-order valence-electron chi connectivity index (χ1n) is 5.29. The van der Waals surface area contributed by atoms with Crippen LogP contribution in [0.15, 0.2) is 36.4 Å². The van der Waals surface area contributed by atoms with E-state index in [-0.39, 0.29) is 0 Å². The molecule has 2 aromatic carbocycles. The number of carbonyl (C=O) groups excluding carboxylic acids is 1. The quantitative estimate of drug-likeness (QED) is 0.747. The van der Waals surface area contributed by atoms with Crippen LogP contribution in [0, 0.1) is 6.92 Å². The van der Waals surface area contributed by atoms with Crippen LogP contribution in [-0.2, 0) is 0 Å². The van der Waals surface area contributed by atoms with Crippen molar-refractivity contribution in [1.29, 1.82) is 0 Å². The van der Waals surface area contributed by atoms with Gasteiger partial charge in [-0.3, -0.25) is 4.79 Å². The Balaban J connectivity index is 2.28. The lowest BCUT2D eigenvalue weighted by Gasteiger charge is -2.09. The number of benzene rings is 2. The van der Waals surface area contributed by atoms with E-state index in [0.29, 0.717) is 27.1 Å². The zero-order chi connectivity index (χ0) is 13.1. The molecule has 0 saturated heterocycles. The van der Waals surface area contributed by atoms with E-state index < -0.39 is 0 Å². The lowest BCUT2D eigenvalue weighted by Crippen LogP contribution is -1.89. The highest BCUT2D eigenvalue weighted by Crippen LogP contribution is 2.32. The molecule has 0 aromatic heterocycles. The molecule has 2 rings (SSSR count). The van der Waals surface area contributed by atoms with Crippen molar-refractivity contribution in [1.82, 2.24) is 0 Å². The van der Waals surface area contributed by atoms with Crippen molar-refractivity contribution >= 4 is 29.5 Å². The zero-order valence-electron chi connectivity index (χ0n) is 9.61. The van der Waals surface area contributed by atoms with Crippen molar-refractivity contribution in [2.45, 2.75) is 6.92 Å². The predicted octanol–water partition coefficient (Wildman–Crippen LogP) is 4.91. The Morgan fingerprint density at radius 2 is 1.89 bits per heavy atom. The van der Waals surface area contributed by atoms with E-state index in [1.54, 1.807) is 36.4 Å². The van der Waals surface area contributed by atoms with Crippen molar-refractivity contribution in [3.8, 4) is 11.5 Å². The summed E-state index contributed by atoms with van der Waals surface area (Å²) in [6.07, 6.45) is 0.814. The van der Waals surface area contributed by atoms with Crippen molar-refractivity contribution in [2.75, 3.05) is 0 Å². The minimum absolute atomic E-state index is 0.444. The number of aldehydes is 1. The maximum absolute atomic E-state index is 10.7. The Morgan fingerprint density at radius 3 is 2.50 bits per heavy atom. The molecule has 0 saturated carbocycles. The summed E-state index contributed by atoms with van der Waals surface area (Å²) in [7, 11) is 0. The number of carbonyl (C=O) groups is 1. The fraction of sp³-hybridized carbons (Fsp3) is 0.0714. The molecule has 0 unspecified atom stereocenters. The van der Waals surface area contributed by atoms with Gasteiger partial charge in [0.05, 0.1) is 5.02 Å². The van der Waals surface area contributed by atoms with Gasteiger partial charge in [0.15, 0.2) is 0 Å². The Kier molecular flexibility index (Phi) is 3.90. The van der Waals surface area contributed by atoms with Crippen molar-refractivity contribution in [2.24, 2.45) is 0 Å². The van der Waals surface area contributed by atoms with Gasteiger partial charge in [-0.25, -0.2) is 0 Å². The second-order valence-corrected chi connectivity index (χ2v) is 4.66. The van der Waals surface area contributed by atoms with Gasteiger partial charge in [-0.05, 0) is 48.9 Å². The van der Waals surface area contributed by atoms with Crippen molar-refractivity contribution in [3.63, 3.8) is 0 Å². The number of rotatable bonds is 3. The minimum atomic E-state index is 0.444.